The van der Waals surface area contributed by atoms with Crippen LogP contribution in [0.15, 0.2) is 54.6 Å². The predicted octanol–water partition coefficient (Wildman–Crippen LogP) is 5.39. The van der Waals surface area contributed by atoms with Crippen molar-refractivity contribution in [3.8, 4) is 0 Å². The minimum absolute atomic E-state index is 0.254. The van der Waals surface area contributed by atoms with E-state index >= 15 is 0 Å². The molecule has 0 saturated heterocycles. The molecule has 1 saturated carbocycles. The van der Waals surface area contributed by atoms with Crippen molar-refractivity contribution in [3.05, 3.63) is 60.2 Å². The molecule has 1 aliphatic carbocycles. The highest BCUT2D eigenvalue weighted by Crippen LogP contribution is 2.25. The highest BCUT2D eigenvalue weighted by atomic mass is 16.5. The molecular weight excluding hydrogens is 338 g/mol. The first-order valence-electron chi connectivity index (χ1n) is 9.84. The fourth-order valence-electron chi connectivity index (χ4n) is 3.81. The molecule has 1 atom stereocenters. The Balaban J connectivity index is 1.58. The van der Waals surface area contributed by atoms with Gasteiger partial charge >= 0.3 is 6.09 Å². The number of rotatable bonds is 7. The van der Waals surface area contributed by atoms with Crippen molar-refractivity contribution < 1.29 is 14.3 Å². The summed E-state index contributed by atoms with van der Waals surface area (Å²) in [7, 11) is 1.64. The normalized spacial score (nSPS) is 16.5. The molecule has 0 radical (unpaired) electrons. The van der Waals surface area contributed by atoms with E-state index < -0.39 is 6.09 Å². The molecule has 0 spiro atoms. The maximum Gasteiger partial charge on any atom is 0.408 e. The molecule has 0 bridgehead atoms. The summed E-state index contributed by atoms with van der Waals surface area (Å²) < 4.78 is 10.7. The van der Waals surface area contributed by atoms with E-state index in [1.54, 1.807) is 7.11 Å². The predicted molar refractivity (Wildman–Crippen MR) is 109 cm³/mol. The zero-order valence-electron chi connectivity index (χ0n) is 16.0. The van der Waals surface area contributed by atoms with Gasteiger partial charge in [0.25, 0.3) is 0 Å². The van der Waals surface area contributed by atoms with Gasteiger partial charge in [-0.1, -0.05) is 73.9 Å². The summed E-state index contributed by atoms with van der Waals surface area (Å²) in [6.07, 6.45) is 10.2. The number of allylic oxidation sites excluding steroid dienone is 1. The largest absolute Gasteiger partial charge is 0.445 e. The third-order valence-corrected chi connectivity index (χ3v) is 5.19. The minimum atomic E-state index is -0.418. The van der Waals surface area contributed by atoms with Crippen LogP contribution in [0.2, 0.25) is 0 Å². The van der Waals surface area contributed by atoms with Crippen molar-refractivity contribution in [1.29, 1.82) is 0 Å². The number of fused-ring (bicyclic) bond motifs is 1. The molecule has 2 aromatic carbocycles. The molecular formula is C23H29NO3. The number of ether oxygens (including phenoxy) is 2. The maximum absolute atomic E-state index is 12.3. The molecule has 1 fully saturated rings. The van der Waals surface area contributed by atoms with Gasteiger partial charge < -0.3 is 14.8 Å². The second-order valence-corrected chi connectivity index (χ2v) is 7.15. The van der Waals surface area contributed by atoms with Gasteiger partial charge in [-0.3, -0.25) is 0 Å². The lowest BCUT2D eigenvalue weighted by atomic mass is 9.89. The molecule has 0 heterocycles. The fraction of sp³-hybridized carbons (Fsp3) is 0.435. The van der Waals surface area contributed by atoms with Crippen molar-refractivity contribution in [2.75, 3.05) is 20.3 Å². The van der Waals surface area contributed by atoms with Gasteiger partial charge in [0.15, 0.2) is 0 Å². The van der Waals surface area contributed by atoms with E-state index in [0.717, 1.165) is 16.3 Å². The topological polar surface area (TPSA) is 47.6 Å². The average molecular weight is 367 g/mol. The fourth-order valence-corrected chi connectivity index (χ4v) is 3.81. The standard InChI is InChI=1S/C23H29NO3/c1-26-17-22(21-15-7-13-19-12-5-6-14-20(19)21)24-23(25)27-16-8-11-18-9-3-2-4-10-18/h5-8,11-15,18,22H,2-4,9-10,16-17H2,1H3,(H,24,25)/b11-8+/t22-/m1/s1. The number of alkyl carbamates (subject to hydrolysis) is 1. The SMILES string of the molecule is COC[C@@H](NC(=O)OC/C=C/C1CCCCC1)c1cccc2ccccc12. The smallest absolute Gasteiger partial charge is 0.408 e. The molecule has 144 valence electrons. The van der Waals surface area contributed by atoms with Crippen molar-refractivity contribution in [3.63, 3.8) is 0 Å². The zero-order valence-corrected chi connectivity index (χ0v) is 16.0. The molecule has 1 N–H and O–H groups in total. The van der Waals surface area contributed by atoms with Crippen molar-refractivity contribution in [2.45, 2.75) is 38.1 Å². The Kier molecular flexibility index (Phi) is 7.28. The highest BCUT2D eigenvalue weighted by Gasteiger charge is 2.17. The van der Waals surface area contributed by atoms with Crippen LogP contribution in [0, 0.1) is 5.92 Å². The molecule has 2 aromatic rings. The van der Waals surface area contributed by atoms with Crippen LogP contribution < -0.4 is 5.32 Å². The van der Waals surface area contributed by atoms with Gasteiger partial charge in [-0.2, -0.15) is 0 Å². The molecule has 4 heteroatoms. The average Bonchev–Trinajstić information content (AvgIpc) is 2.71. The van der Waals surface area contributed by atoms with E-state index in [1.807, 2.05) is 30.3 Å². The first-order chi connectivity index (χ1) is 13.3. The van der Waals surface area contributed by atoms with Gasteiger partial charge in [0.1, 0.15) is 6.61 Å². The van der Waals surface area contributed by atoms with Crippen LogP contribution in [-0.2, 0) is 9.47 Å². The van der Waals surface area contributed by atoms with Crippen molar-refractivity contribution >= 4 is 16.9 Å². The van der Waals surface area contributed by atoms with E-state index in [-0.39, 0.29) is 6.04 Å². The van der Waals surface area contributed by atoms with Crippen molar-refractivity contribution in [1.82, 2.24) is 5.32 Å². The number of carbonyl (C=O) groups is 1. The molecule has 3 rings (SSSR count). The number of methoxy groups -OCH3 is 1. The van der Waals surface area contributed by atoms with Gasteiger partial charge in [0, 0.05) is 7.11 Å². The van der Waals surface area contributed by atoms with E-state index in [0.29, 0.717) is 19.1 Å². The second kappa shape index (κ2) is 10.1. The lowest BCUT2D eigenvalue weighted by Gasteiger charge is -2.20. The van der Waals surface area contributed by atoms with Gasteiger partial charge in [0.2, 0.25) is 0 Å². The lowest BCUT2D eigenvalue weighted by molar-refractivity contribution is 0.133. The summed E-state index contributed by atoms with van der Waals surface area (Å²) in [6.45, 7) is 0.693. The first-order valence-corrected chi connectivity index (χ1v) is 9.84. The third kappa shape index (κ3) is 5.57. The van der Waals surface area contributed by atoms with E-state index in [1.165, 1.54) is 32.1 Å². The number of benzene rings is 2. The van der Waals surface area contributed by atoms with Crippen molar-refractivity contribution in [2.24, 2.45) is 5.92 Å². The number of amides is 1. The van der Waals surface area contributed by atoms with Crippen LogP contribution in [0.4, 0.5) is 4.79 Å². The quantitative estimate of drug-likeness (QED) is 0.668. The Hall–Kier alpha value is -2.33. The van der Waals surface area contributed by atoms with Crippen LogP contribution in [0.25, 0.3) is 10.8 Å². The number of carbonyl (C=O) groups excluding carboxylic acids is 1. The van der Waals surface area contributed by atoms with Gasteiger partial charge in [-0.25, -0.2) is 4.79 Å². The Labute approximate surface area is 161 Å². The second-order valence-electron chi connectivity index (χ2n) is 7.15. The van der Waals surface area contributed by atoms with Crippen LogP contribution in [0.1, 0.15) is 43.7 Å². The summed E-state index contributed by atoms with van der Waals surface area (Å²) in [5.74, 6) is 0.641. The number of hydrogen-bond acceptors (Lipinski definition) is 3. The molecule has 27 heavy (non-hydrogen) atoms. The zero-order chi connectivity index (χ0) is 18.9. The van der Waals surface area contributed by atoms with Crippen LogP contribution in [0.3, 0.4) is 0 Å². The summed E-state index contributed by atoms with van der Waals surface area (Å²) in [5.41, 5.74) is 1.03. The summed E-state index contributed by atoms with van der Waals surface area (Å²) in [5, 5.41) is 5.20. The van der Waals surface area contributed by atoms with Gasteiger partial charge in [0.05, 0.1) is 12.6 Å². The highest BCUT2D eigenvalue weighted by molar-refractivity contribution is 5.86. The Morgan fingerprint density at radius 2 is 1.93 bits per heavy atom. The Morgan fingerprint density at radius 3 is 2.74 bits per heavy atom. The molecule has 0 aliphatic heterocycles. The first kappa shape index (κ1) is 19.4. The summed E-state index contributed by atoms with van der Waals surface area (Å²) in [6, 6.07) is 14.0. The summed E-state index contributed by atoms with van der Waals surface area (Å²) >= 11 is 0. The number of hydrogen-bond donors (Lipinski definition) is 1. The van der Waals surface area contributed by atoms with Gasteiger partial charge in [-0.05, 0) is 35.1 Å². The maximum atomic E-state index is 12.3. The molecule has 0 aromatic heterocycles. The van der Waals surface area contributed by atoms with Gasteiger partial charge in [-0.15, -0.1) is 0 Å². The third-order valence-electron chi connectivity index (χ3n) is 5.19. The van der Waals surface area contributed by atoms with Crippen LogP contribution in [0.5, 0.6) is 0 Å². The monoisotopic (exact) mass is 367 g/mol. The van der Waals surface area contributed by atoms with E-state index in [4.69, 9.17) is 9.47 Å². The molecule has 1 aliphatic rings. The lowest BCUT2D eigenvalue weighted by Crippen LogP contribution is -2.32. The summed E-state index contributed by atoms with van der Waals surface area (Å²) in [4.78, 5) is 12.3. The minimum Gasteiger partial charge on any atom is -0.445 e. The Morgan fingerprint density at radius 1 is 1.15 bits per heavy atom. The van der Waals surface area contributed by atoms with E-state index in [2.05, 4.69) is 29.6 Å². The van der Waals surface area contributed by atoms with Crippen LogP contribution in [-0.4, -0.2) is 26.4 Å². The number of nitrogens with one attached hydrogen (secondary N) is 1. The van der Waals surface area contributed by atoms with E-state index in [9.17, 15) is 4.79 Å². The molecule has 4 nitrogen and oxygen atoms in total. The molecule has 1 amide bonds. The Bertz CT molecular complexity index is 760. The molecule has 0 unspecified atom stereocenters. The van der Waals surface area contributed by atoms with Crippen LogP contribution >= 0.6 is 0 Å².